The van der Waals surface area contributed by atoms with Gasteiger partial charge in [-0.2, -0.15) is 0 Å². The lowest BCUT2D eigenvalue weighted by atomic mass is 9.94. The molecule has 0 radical (unpaired) electrons. The van der Waals surface area contributed by atoms with Crippen molar-refractivity contribution in [1.29, 1.82) is 0 Å². The zero-order chi connectivity index (χ0) is 27.4. The lowest BCUT2D eigenvalue weighted by Gasteiger charge is -2.41. The molecule has 12 nitrogen and oxygen atoms in total. The molecule has 1 aromatic rings. The van der Waals surface area contributed by atoms with Crippen LogP contribution in [0.5, 0.6) is 0 Å². The monoisotopic (exact) mass is 527 g/mol. The number of fused-ring (bicyclic) bond motifs is 4. The molecule has 5 rings (SSSR count). The number of piperazine rings is 1. The van der Waals surface area contributed by atoms with Gasteiger partial charge in [-0.25, -0.2) is 19.3 Å². The number of urea groups is 1. The molecule has 204 valence electrons. The van der Waals surface area contributed by atoms with Gasteiger partial charge >= 0.3 is 18.2 Å². The highest BCUT2D eigenvalue weighted by Gasteiger charge is 2.59. The molecule has 6 amide bonds. The summed E-state index contributed by atoms with van der Waals surface area (Å²) in [4.78, 5) is 68.2. The van der Waals surface area contributed by atoms with E-state index in [0.29, 0.717) is 30.8 Å². The second kappa shape index (κ2) is 9.17. The van der Waals surface area contributed by atoms with Crippen LogP contribution in [0.1, 0.15) is 51.2 Å². The third-order valence-corrected chi connectivity index (χ3v) is 7.56. The highest BCUT2D eigenvalue weighted by Crippen LogP contribution is 2.46. The number of aryl methyl sites for hydroxylation is 1. The maximum Gasteiger partial charge on any atom is 0.418 e. The second-order valence-corrected chi connectivity index (χ2v) is 11.2. The van der Waals surface area contributed by atoms with E-state index in [9.17, 15) is 24.0 Å². The van der Waals surface area contributed by atoms with Gasteiger partial charge in [0.2, 0.25) is 11.5 Å². The summed E-state index contributed by atoms with van der Waals surface area (Å²) in [7, 11) is 1.51. The zero-order valence-electron chi connectivity index (χ0n) is 22.0. The van der Waals surface area contributed by atoms with Gasteiger partial charge in [0.1, 0.15) is 12.1 Å². The van der Waals surface area contributed by atoms with Crippen LogP contribution in [0.15, 0.2) is 18.2 Å². The van der Waals surface area contributed by atoms with Gasteiger partial charge in [0, 0.05) is 49.9 Å². The number of anilines is 1. The number of rotatable bonds is 3. The van der Waals surface area contributed by atoms with Crippen molar-refractivity contribution >= 4 is 35.7 Å². The summed E-state index contributed by atoms with van der Waals surface area (Å²) in [6.45, 7) is 5.70. The first-order valence-electron chi connectivity index (χ1n) is 12.9. The van der Waals surface area contributed by atoms with E-state index in [1.165, 1.54) is 7.05 Å². The molecule has 2 bridgehead atoms. The van der Waals surface area contributed by atoms with E-state index < -0.39 is 35.8 Å². The van der Waals surface area contributed by atoms with Crippen LogP contribution in [-0.2, 0) is 31.1 Å². The topological polar surface area (TPSA) is 138 Å². The highest BCUT2D eigenvalue weighted by atomic mass is 16.6. The Bertz CT molecular complexity index is 1200. The summed E-state index contributed by atoms with van der Waals surface area (Å²) in [5, 5.41) is 5.17. The Hall–Kier alpha value is -3.83. The number of hydrogen-bond donors (Lipinski definition) is 2. The average Bonchev–Trinajstić information content (AvgIpc) is 3.42. The van der Waals surface area contributed by atoms with Crippen LogP contribution in [0.4, 0.5) is 20.1 Å². The van der Waals surface area contributed by atoms with E-state index in [1.54, 1.807) is 28.0 Å². The number of nitrogens with zero attached hydrogens (tertiary/aromatic N) is 3. The molecule has 3 aliphatic heterocycles. The molecule has 3 heterocycles. The molecule has 3 atom stereocenters. The minimum absolute atomic E-state index is 0.199. The molecular formula is C26H33N5O7. The third-order valence-electron chi connectivity index (χ3n) is 7.56. The first-order chi connectivity index (χ1) is 17.9. The maximum atomic E-state index is 13.5. The van der Waals surface area contributed by atoms with Gasteiger partial charge in [0.25, 0.3) is 5.91 Å². The van der Waals surface area contributed by atoms with Crippen molar-refractivity contribution in [3.63, 3.8) is 0 Å². The quantitative estimate of drug-likeness (QED) is 0.615. The largest absolute Gasteiger partial charge is 0.444 e. The number of imide groups is 1. The minimum Gasteiger partial charge on any atom is -0.444 e. The Morgan fingerprint density at radius 3 is 2.45 bits per heavy atom. The number of nitrogens with one attached hydrogen (secondary N) is 2. The fourth-order valence-corrected chi connectivity index (χ4v) is 5.93. The number of benzene rings is 1. The number of likely N-dealkylation sites (tertiary alicyclic amines) is 1. The Labute approximate surface area is 220 Å². The summed E-state index contributed by atoms with van der Waals surface area (Å²) < 4.78 is 11.1. The molecule has 2 N–H and O–H groups in total. The van der Waals surface area contributed by atoms with Crippen molar-refractivity contribution in [2.75, 3.05) is 32.0 Å². The molecule has 0 saturated carbocycles. The van der Waals surface area contributed by atoms with Gasteiger partial charge < -0.3 is 29.9 Å². The van der Waals surface area contributed by atoms with E-state index in [1.807, 2.05) is 20.8 Å². The molecule has 3 saturated heterocycles. The Kier molecular flexibility index (Phi) is 6.23. The number of amides is 6. The van der Waals surface area contributed by atoms with Crippen molar-refractivity contribution in [2.45, 2.75) is 69.7 Å². The van der Waals surface area contributed by atoms with Crippen molar-refractivity contribution in [2.24, 2.45) is 0 Å². The predicted octanol–water partition coefficient (Wildman–Crippen LogP) is 2.17. The summed E-state index contributed by atoms with van der Waals surface area (Å²) in [5.74, 6) is -0.895. The van der Waals surface area contributed by atoms with E-state index in [2.05, 4.69) is 10.6 Å². The smallest absolute Gasteiger partial charge is 0.418 e. The third kappa shape index (κ3) is 4.41. The minimum atomic E-state index is -1.47. The van der Waals surface area contributed by atoms with E-state index in [4.69, 9.17) is 9.47 Å². The summed E-state index contributed by atoms with van der Waals surface area (Å²) in [6, 6.07) is 4.32. The summed E-state index contributed by atoms with van der Waals surface area (Å²) in [5.41, 5.74) is -0.155. The maximum absolute atomic E-state index is 13.5. The van der Waals surface area contributed by atoms with Gasteiger partial charge in [0.05, 0.1) is 0 Å². The number of carbonyl (C=O) groups excluding carboxylic acids is 5. The van der Waals surface area contributed by atoms with Gasteiger partial charge in [0.15, 0.2) is 0 Å². The number of hydrogen-bond acceptors (Lipinski definition) is 7. The van der Waals surface area contributed by atoms with Crippen LogP contribution in [0, 0.1) is 0 Å². The van der Waals surface area contributed by atoms with Crippen LogP contribution < -0.4 is 10.6 Å². The Balaban J connectivity index is 1.27. The molecule has 4 aliphatic rings. The van der Waals surface area contributed by atoms with Crippen LogP contribution in [-0.4, -0.2) is 89.1 Å². The second-order valence-electron chi connectivity index (χ2n) is 11.2. The fourth-order valence-electron chi connectivity index (χ4n) is 5.93. The lowest BCUT2D eigenvalue weighted by molar-refractivity contribution is -0.144. The molecule has 12 heteroatoms. The first kappa shape index (κ1) is 25.8. The van der Waals surface area contributed by atoms with Gasteiger partial charge in [-0.15, -0.1) is 0 Å². The van der Waals surface area contributed by atoms with E-state index >= 15 is 0 Å². The van der Waals surface area contributed by atoms with Gasteiger partial charge in [-0.05, 0) is 57.7 Å². The van der Waals surface area contributed by atoms with Gasteiger partial charge in [-0.1, -0.05) is 6.07 Å². The van der Waals surface area contributed by atoms with Gasteiger partial charge in [-0.3, -0.25) is 9.59 Å². The molecule has 0 aromatic heterocycles. The molecule has 1 aromatic carbocycles. The lowest BCUT2D eigenvalue weighted by Crippen LogP contribution is -2.59. The predicted molar refractivity (Wildman–Crippen MR) is 134 cm³/mol. The molecule has 3 fully saturated rings. The molecule has 1 aliphatic carbocycles. The Morgan fingerprint density at radius 2 is 1.82 bits per heavy atom. The van der Waals surface area contributed by atoms with Crippen molar-refractivity contribution < 1.29 is 33.4 Å². The van der Waals surface area contributed by atoms with Crippen molar-refractivity contribution in [1.82, 2.24) is 20.0 Å². The molecule has 38 heavy (non-hydrogen) atoms. The highest BCUT2D eigenvalue weighted by molar-refractivity contribution is 6.06. The van der Waals surface area contributed by atoms with Crippen LogP contribution in [0.3, 0.4) is 0 Å². The van der Waals surface area contributed by atoms with Crippen molar-refractivity contribution in [3.8, 4) is 0 Å². The van der Waals surface area contributed by atoms with E-state index in [0.717, 1.165) is 23.3 Å². The standard InChI is InChI=1S/C26H33N5O7/c1-25(2,3)37-23(35)29-12-17-6-7-18(13-29)31(17)20(32)14-30-21(33)26(38-24(30)36)10-9-15-11-16(5-8-19(15)26)28-22(34)27-4/h5,8,11,17-18H,6-7,9-10,12-14H2,1-4H3,(H2,27,28,34). The molecule has 1 spiro atoms. The van der Waals surface area contributed by atoms with Crippen LogP contribution in [0.2, 0.25) is 0 Å². The summed E-state index contributed by atoms with van der Waals surface area (Å²) in [6.07, 6.45) is 0.964. The SMILES string of the molecule is CNC(=O)Nc1ccc2c(c1)CCC21OC(=O)N(CC(=O)N2C3CCC2CN(C(=O)OC(C)(C)C)C3)C1=O. The van der Waals surface area contributed by atoms with Crippen LogP contribution >= 0.6 is 0 Å². The van der Waals surface area contributed by atoms with Crippen molar-refractivity contribution in [3.05, 3.63) is 29.3 Å². The summed E-state index contributed by atoms with van der Waals surface area (Å²) >= 11 is 0. The van der Waals surface area contributed by atoms with Crippen LogP contribution in [0.25, 0.3) is 0 Å². The fraction of sp³-hybridized carbons (Fsp3) is 0.577. The molecular weight excluding hydrogens is 494 g/mol. The number of carbonyl (C=O) groups is 5. The zero-order valence-corrected chi connectivity index (χ0v) is 22.0. The molecule has 3 unspecified atom stereocenters. The Morgan fingerprint density at radius 1 is 1.13 bits per heavy atom. The average molecular weight is 528 g/mol. The normalized spacial score (nSPS) is 25.9. The number of ether oxygens (including phenoxy) is 2. The van der Waals surface area contributed by atoms with E-state index in [-0.39, 0.29) is 30.4 Å². The first-order valence-corrected chi connectivity index (χ1v) is 12.9.